The first-order chi connectivity index (χ1) is 17.3. The number of pyridine rings is 1. The number of aromatic nitrogens is 1. The molecule has 11 nitrogen and oxygen atoms in total. The van der Waals surface area contributed by atoms with Gasteiger partial charge in [-0.15, -0.1) is 11.3 Å². The molecule has 13 heteroatoms. The summed E-state index contributed by atoms with van der Waals surface area (Å²) >= 11 is 2.87. The molecule has 1 unspecified atom stereocenters. The third kappa shape index (κ3) is 7.65. The number of esters is 1. The van der Waals surface area contributed by atoms with Gasteiger partial charge in [0, 0.05) is 34.1 Å². The number of carbonyl (C=O) groups is 2. The summed E-state index contributed by atoms with van der Waals surface area (Å²) in [6, 6.07) is 9.13. The van der Waals surface area contributed by atoms with E-state index in [-0.39, 0.29) is 18.4 Å². The van der Waals surface area contributed by atoms with Gasteiger partial charge in [-0.1, -0.05) is 34.9 Å². The van der Waals surface area contributed by atoms with Crippen molar-refractivity contribution in [2.75, 3.05) is 13.7 Å². The van der Waals surface area contributed by atoms with Gasteiger partial charge in [-0.2, -0.15) is 0 Å². The number of amides is 1. The second-order valence-corrected chi connectivity index (χ2v) is 9.96. The molecule has 0 aliphatic heterocycles. The second-order valence-electron chi connectivity index (χ2n) is 7.76. The summed E-state index contributed by atoms with van der Waals surface area (Å²) in [5.41, 5.74) is 8.30. The lowest BCUT2D eigenvalue weighted by molar-refractivity contribution is -0.525. The number of hydrogen-bond donors (Lipinski definition) is 3. The summed E-state index contributed by atoms with van der Waals surface area (Å²) in [6.07, 6.45) is 4.83. The molecule has 0 aliphatic rings. The molecule has 0 radical (unpaired) electrons. The van der Waals surface area contributed by atoms with Crippen molar-refractivity contribution in [3.05, 3.63) is 63.3 Å². The predicted molar refractivity (Wildman–Crippen MR) is 139 cm³/mol. The summed E-state index contributed by atoms with van der Waals surface area (Å²) < 4.78 is 5.71. The van der Waals surface area contributed by atoms with E-state index in [1.54, 1.807) is 29.6 Å². The van der Waals surface area contributed by atoms with Crippen LogP contribution in [0.1, 0.15) is 34.5 Å². The molecule has 2 heterocycles. The number of rotatable bonds is 11. The lowest BCUT2D eigenvalue weighted by atomic mass is 10.1. The molecule has 1 aromatic carbocycles. The summed E-state index contributed by atoms with van der Waals surface area (Å²) in [5.74, 6) is -1.23. The van der Waals surface area contributed by atoms with E-state index in [2.05, 4.69) is 15.3 Å². The monoisotopic (exact) mass is 530 g/mol. The van der Waals surface area contributed by atoms with Gasteiger partial charge >= 0.3 is 5.97 Å². The van der Waals surface area contributed by atoms with E-state index in [1.165, 1.54) is 24.0 Å². The van der Waals surface area contributed by atoms with E-state index < -0.39 is 17.0 Å². The number of methoxy groups -OCH3 is 1. The quantitative estimate of drug-likeness (QED) is 0.0843. The van der Waals surface area contributed by atoms with Gasteiger partial charge in [-0.05, 0) is 44.4 Å². The predicted octanol–water partition coefficient (Wildman–Crippen LogP) is 3.29. The molecular formula is C23H26N6O5S2. The van der Waals surface area contributed by atoms with Crippen LogP contribution in [-0.4, -0.2) is 47.5 Å². The highest BCUT2D eigenvalue weighted by molar-refractivity contribution is 7.99. The van der Waals surface area contributed by atoms with Crippen molar-refractivity contribution in [2.45, 2.75) is 42.0 Å². The number of ether oxygens (including phenoxy) is 1. The summed E-state index contributed by atoms with van der Waals surface area (Å²) in [6.45, 7) is 2.27. The van der Waals surface area contributed by atoms with Gasteiger partial charge in [0.15, 0.2) is 5.03 Å². The first kappa shape index (κ1) is 26.9. The Balaban J connectivity index is 1.65. The Hall–Kier alpha value is -3.71. The lowest BCUT2D eigenvalue weighted by Gasteiger charge is -2.15. The van der Waals surface area contributed by atoms with Crippen LogP contribution < -0.4 is 16.5 Å². The third-order valence-electron chi connectivity index (χ3n) is 5.06. The number of unbranched alkanes of at least 4 members (excludes halogenated alkanes) is 1. The second kappa shape index (κ2) is 12.8. The van der Waals surface area contributed by atoms with Crippen LogP contribution >= 0.6 is 23.1 Å². The van der Waals surface area contributed by atoms with Crippen LogP contribution in [0.5, 0.6) is 0 Å². The van der Waals surface area contributed by atoms with Crippen LogP contribution in [0.2, 0.25) is 0 Å². The third-order valence-corrected chi connectivity index (χ3v) is 7.18. The van der Waals surface area contributed by atoms with Gasteiger partial charge < -0.3 is 15.8 Å². The number of hydrazine groups is 1. The average molecular weight is 531 g/mol. The summed E-state index contributed by atoms with van der Waals surface area (Å²) in [4.78, 5) is 46.2. The number of benzene rings is 1. The van der Waals surface area contributed by atoms with E-state index in [0.29, 0.717) is 24.1 Å². The Kier molecular flexibility index (Phi) is 9.59. The normalized spacial score (nSPS) is 12.2. The fourth-order valence-corrected chi connectivity index (χ4v) is 5.21. The van der Waals surface area contributed by atoms with E-state index in [9.17, 15) is 19.7 Å². The molecule has 190 valence electrons. The van der Waals surface area contributed by atoms with Crippen LogP contribution in [0.25, 0.3) is 10.1 Å². The van der Waals surface area contributed by atoms with E-state index >= 15 is 0 Å². The number of carbonyl (C=O) groups excluding carboxylic acids is 2. The van der Waals surface area contributed by atoms with Crippen LogP contribution in [0, 0.1) is 17.0 Å². The van der Waals surface area contributed by atoms with Crippen LogP contribution in [0.3, 0.4) is 0 Å². The zero-order valence-corrected chi connectivity index (χ0v) is 21.4. The molecule has 0 fully saturated rings. The van der Waals surface area contributed by atoms with Crippen molar-refractivity contribution in [1.29, 1.82) is 0 Å². The van der Waals surface area contributed by atoms with Gasteiger partial charge in [0.05, 0.1) is 16.7 Å². The number of thiophene rings is 1. The van der Waals surface area contributed by atoms with Crippen molar-refractivity contribution in [3.63, 3.8) is 0 Å². The first-order valence-corrected chi connectivity index (χ1v) is 12.6. The van der Waals surface area contributed by atoms with Crippen LogP contribution in [0.15, 0.2) is 57.5 Å². The van der Waals surface area contributed by atoms with E-state index in [0.717, 1.165) is 19.9 Å². The minimum absolute atomic E-state index is 0.235. The van der Waals surface area contributed by atoms with Crippen molar-refractivity contribution in [1.82, 2.24) is 15.7 Å². The SMILES string of the molecule is COC(=O)C(CCCCN=C(N)N[N+](=O)[O-])NC(=O)c1cc2c(Sc3ccc(C)cc3)cncc2s1. The van der Waals surface area contributed by atoms with Gasteiger partial charge in [0.1, 0.15) is 6.04 Å². The number of aliphatic imine (C=N–C) groups is 1. The van der Waals surface area contributed by atoms with Crippen molar-refractivity contribution in [3.8, 4) is 0 Å². The van der Waals surface area contributed by atoms with E-state index in [4.69, 9.17) is 10.5 Å². The summed E-state index contributed by atoms with van der Waals surface area (Å²) in [7, 11) is 1.26. The molecule has 1 atom stereocenters. The molecule has 1 amide bonds. The highest BCUT2D eigenvalue weighted by Gasteiger charge is 2.23. The standard InChI is InChI=1S/C23H26N6O5S2/c1-14-6-8-15(9-7-14)35-19-12-25-13-20-16(19)11-18(36-20)21(30)27-17(22(31)34-2)5-3-4-10-26-23(24)28-29(32)33/h6-9,11-13,17H,3-5,10H2,1-2H3,(H,27,30)(H3,24,26,28). The van der Waals surface area contributed by atoms with Gasteiger partial charge in [0.25, 0.3) is 11.9 Å². The average Bonchev–Trinajstić information content (AvgIpc) is 3.29. The molecule has 36 heavy (non-hydrogen) atoms. The van der Waals surface area contributed by atoms with Crippen LogP contribution in [0.4, 0.5) is 0 Å². The molecule has 0 saturated carbocycles. The fourth-order valence-electron chi connectivity index (χ4n) is 3.27. The van der Waals surface area contributed by atoms with Gasteiger partial charge in [-0.25, -0.2) is 19.9 Å². The molecule has 3 rings (SSSR count). The van der Waals surface area contributed by atoms with Crippen LogP contribution in [-0.2, 0) is 9.53 Å². The summed E-state index contributed by atoms with van der Waals surface area (Å²) in [5, 5.41) is 13.2. The first-order valence-electron chi connectivity index (χ1n) is 11.0. The van der Waals surface area contributed by atoms with Gasteiger partial charge in [0.2, 0.25) is 0 Å². The Morgan fingerprint density at radius 1 is 1.28 bits per heavy atom. The Labute approximate surface area is 215 Å². The van der Waals surface area contributed by atoms with Crippen molar-refractivity contribution < 1.29 is 19.4 Å². The lowest BCUT2D eigenvalue weighted by Crippen LogP contribution is -2.41. The van der Waals surface area contributed by atoms with Crippen molar-refractivity contribution in [2.24, 2.45) is 10.7 Å². The maximum absolute atomic E-state index is 13.0. The zero-order valence-electron chi connectivity index (χ0n) is 19.7. The van der Waals surface area contributed by atoms with Gasteiger partial charge in [-0.3, -0.25) is 9.78 Å². The maximum atomic E-state index is 13.0. The topological polar surface area (TPSA) is 162 Å². The number of nitro groups is 1. The number of aryl methyl sites for hydroxylation is 1. The largest absolute Gasteiger partial charge is 0.467 e. The minimum Gasteiger partial charge on any atom is -0.467 e. The maximum Gasteiger partial charge on any atom is 0.328 e. The Morgan fingerprint density at radius 3 is 2.72 bits per heavy atom. The van der Waals surface area contributed by atoms with E-state index in [1.807, 2.05) is 37.3 Å². The highest BCUT2D eigenvalue weighted by Crippen LogP contribution is 2.36. The molecular weight excluding hydrogens is 504 g/mol. The number of hydrogen-bond acceptors (Lipinski definition) is 9. The number of guanidine groups is 1. The molecule has 0 aliphatic carbocycles. The molecule has 4 N–H and O–H groups in total. The Morgan fingerprint density at radius 2 is 2.03 bits per heavy atom. The zero-order chi connectivity index (χ0) is 26.1. The smallest absolute Gasteiger partial charge is 0.328 e. The number of nitrogens with zero attached hydrogens (tertiary/aromatic N) is 3. The molecule has 0 bridgehead atoms. The molecule has 3 aromatic rings. The molecule has 0 saturated heterocycles. The number of fused-ring (bicyclic) bond motifs is 1. The number of nitrogens with one attached hydrogen (secondary N) is 2. The van der Waals surface area contributed by atoms with Crippen molar-refractivity contribution >= 4 is 51.0 Å². The molecule has 2 aromatic heterocycles. The fraction of sp³-hybridized carbons (Fsp3) is 0.304. The Bertz CT molecular complexity index is 1260. The highest BCUT2D eigenvalue weighted by atomic mass is 32.2. The minimum atomic E-state index is -0.842. The number of nitrogens with two attached hydrogens (primary N) is 1. The molecule has 0 spiro atoms.